The van der Waals surface area contributed by atoms with Crippen LogP contribution in [0.25, 0.3) is 0 Å². The lowest BCUT2D eigenvalue weighted by molar-refractivity contribution is -0.0666. The number of guanidine groups is 1. The quantitative estimate of drug-likeness (QED) is 0.686. The zero-order chi connectivity index (χ0) is 16.5. The summed E-state index contributed by atoms with van der Waals surface area (Å²) >= 11 is 0. The number of nitrogens with zero attached hydrogens (tertiary/aromatic N) is 2. The van der Waals surface area contributed by atoms with E-state index in [0.29, 0.717) is 18.5 Å². The minimum Gasteiger partial charge on any atom is -0.356 e. The van der Waals surface area contributed by atoms with Crippen LogP contribution in [0, 0.1) is 17.0 Å². The Hall–Kier alpha value is -1.65. The van der Waals surface area contributed by atoms with Gasteiger partial charge in [0.05, 0.1) is 0 Å². The monoisotopic (exact) mass is 309 g/mol. The summed E-state index contributed by atoms with van der Waals surface area (Å²) in [6, 6.07) is 3.55. The summed E-state index contributed by atoms with van der Waals surface area (Å²) in [5.41, 5.74) is 0.615. The van der Waals surface area contributed by atoms with Gasteiger partial charge < -0.3 is 10.2 Å². The Morgan fingerprint density at radius 3 is 2.50 bits per heavy atom. The number of halogens is 2. The molecule has 0 radical (unpaired) electrons. The molecule has 1 N–H and O–H groups in total. The molecule has 22 heavy (non-hydrogen) atoms. The second-order valence-electron chi connectivity index (χ2n) is 6.99. The molecule has 1 fully saturated rings. The van der Waals surface area contributed by atoms with Crippen molar-refractivity contribution in [3.63, 3.8) is 0 Å². The third kappa shape index (κ3) is 2.94. The lowest BCUT2D eigenvalue weighted by atomic mass is 9.65. The largest absolute Gasteiger partial charge is 0.356 e. The van der Waals surface area contributed by atoms with Gasteiger partial charge in [0.15, 0.2) is 5.96 Å². The molecule has 0 aromatic heterocycles. The van der Waals surface area contributed by atoms with E-state index in [-0.39, 0.29) is 16.8 Å². The summed E-state index contributed by atoms with van der Waals surface area (Å²) in [5, 5.41) is 3.25. The molecule has 1 aromatic carbocycles. The molecule has 1 aliphatic heterocycles. The first-order chi connectivity index (χ1) is 10.2. The molecule has 0 amide bonds. The molecule has 0 unspecified atom stereocenters. The van der Waals surface area contributed by atoms with Crippen LogP contribution in [-0.2, 0) is 6.42 Å². The molecule has 0 aliphatic carbocycles. The van der Waals surface area contributed by atoms with E-state index < -0.39 is 5.82 Å². The van der Waals surface area contributed by atoms with Gasteiger partial charge in [-0.25, -0.2) is 8.78 Å². The first kappa shape index (κ1) is 16.7. The van der Waals surface area contributed by atoms with E-state index in [1.807, 2.05) is 0 Å². The SMILES string of the molecule is CN=C(NCCc1cc(F)ccc1F)N1CC(C)(C)C1(C)C. The van der Waals surface area contributed by atoms with Gasteiger partial charge in [0.25, 0.3) is 0 Å². The fourth-order valence-electron chi connectivity index (χ4n) is 2.74. The van der Waals surface area contributed by atoms with Crippen molar-refractivity contribution in [3.8, 4) is 0 Å². The van der Waals surface area contributed by atoms with Crippen molar-refractivity contribution in [1.29, 1.82) is 0 Å². The minimum atomic E-state index is -0.411. The Morgan fingerprint density at radius 2 is 1.95 bits per heavy atom. The second kappa shape index (κ2) is 5.86. The van der Waals surface area contributed by atoms with Crippen molar-refractivity contribution < 1.29 is 8.78 Å². The average molecular weight is 309 g/mol. The molecular weight excluding hydrogens is 284 g/mol. The fraction of sp³-hybridized carbons (Fsp3) is 0.588. The number of benzene rings is 1. The van der Waals surface area contributed by atoms with Gasteiger partial charge in [0.1, 0.15) is 11.6 Å². The molecule has 0 bridgehead atoms. The lowest BCUT2D eigenvalue weighted by Gasteiger charge is -2.62. The Kier molecular flexibility index (Phi) is 4.45. The highest BCUT2D eigenvalue weighted by molar-refractivity contribution is 5.82. The Balaban J connectivity index is 1.95. The zero-order valence-electron chi connectivity index (χ0n) is 14.0. The standard InChI is InChI=1S/C17H25F2N3/c1-16(2)11-22(17(16,3)4)15(20-5)21-9-8-12-10-13(18)6-7-14(12)19/h6-7,10H,8-9,11H2,1-5H3,(H,20,21). The summed E-state index contributed by atoms with van der Waals surface area (Å²) in [6.45, 7) is 10.3. The molecule has 1 saturated heterocycles. The molecule has 1 heterocycles. The first-order valence-corrected chi connectivity index (χ1v) is 7.61. The predicted molar refractivity (Wildman–Crippen MR) is 86.0 cm³/mol. The van der Waals surface area contributed by atoms with E-state index in [1.165, 1.54) is 12.1 Å². The van der Waals surface area contributed by atoms with Crippen LogP contribution in [0.3, 0.4) is 0 Å². The fourth-order valence-corrected chi connectivity index (χ4v) is 2.74. The summed E-state index contributed by atoms with van der Waals surface area (Å²) in [7, 11) is 1.74. The van der Waals surface area contributed by atoms with Crippen molar-refractivity contribution in [2.24, 2.45) is 10.4 Å². The second-order valence-corrected chi connectivity index (χ2v) is 6.99. The summed E-state index contributed by atoms with van der Waals surface area (Å²) in [5.74, 6) is 0.0242. The number of hydrogen-bond acceptors (Lipinski definition) is 1. The Labute approximate surface area is 131 Å². The van der Waals surface area contributed by atoms with Crippen molar-refractivity contribution in [1.82, 2.24) is 10.2 Å². The predicted octanol–water partition coefficient (Wildman–Crippen LogP) is 3.20. The van der Waals surface area contributed by atoms with Crippen molar-refractivity contribution in [3.05, 3.63) is 35.4 Å². The molecule has 0 saturated carbocycles. The van der Waals surface area contributed by atoms with Crippen molar-refractivity contribution in [2.45, 2.75) is 39.7 Å². The maximum atomic E-state index is 13.6. The molecule has 3 nitrogen and oxygen atoms in total. The van der Waals surface area contributed by atoms with Crippen LogP contribution in [-0.4, -0.2) is 36.5 Å². The maximum absolute atomic E-state index is 13.6. The van der Waals surface area contributed by atoms with Gasteiger partial charge in [-0.15, -0.1) is 0 Å². The zero-order valence-corrected chi connectivity index (χ0v) is 14.0. The molecular formula is C17H25F2N3. The van der Waals surface area contributed by atoms with Crippen LogP contribution in [0.2, 0.25) is 0 Å². The van der Waals surface area contributed by atoms with Gasteiger partial charge in [0, 0.05) is 31.1 Å². The third-order valence-electron chi connectivity index (χ3n) is 5.04. The van der Waals surface area contributed by atoms with Gasteiger partial charge in [-0.05, 0) is 44.0 Å². The molecule has 1 aliphatic rings. The molecule has 2 rings (SSSR count). The number of likely N-dealkylation sites (tertiary alicyclic amines) is 1. The highest BCUT2D eigenvalue weighted by Crippen LogP contribution is 2.46. The molecule has 0 spiro atoms. The van der Waals surface area contributed by atoms with Gasteiger partial charge in [-0.2, -0.15) is 0 Å². The Morgan fingerprint density at radius 1 is 1.27 bits per heavy atom. The van der Waals surface area contributed by atoms with Crippen LogP contribution < -0.4 is 5.32 Å². The first-order valence-electron chi connectivity index (χ1n) is 7.61. The lowest BCUT2D eigenvalue weighted by Crippen LogP contribution is -2.72. The van der Waals surface area contributed by atoms with Gasteiger partial charge in [-0.3, -0.25) is 4.99 Å². The maximum Gasteiger partial charge on any atom is 0.194 e. The highest BCUT2D eigenvalue weighted by Gasteiger charge is 2.53. The van der Waals surface area contributed by atoms with Gasteiger partial charge in [-0.1, -0.05) is 13.8 Å². The van der Waals surface area contributed by atoms with E-state index in [0.717, 1.165) is 18.6 Å². The van der Waals surface area contributed by atoms with Gasteiger partial charge >= 0.3 is 0 Å². The van der Waals surface area contributed by atoms with Crippen molar-refractivity contribution in [2.75, 3.05) is 20.1 Å². The van der Waals surface area contributed by atoms with Gasteiger partial charge in [0.2, 0.25) is 0 Å². The van der Waals surface area contributed by atoms with E-state index >= 15 is 0 Å². The highest BCUT2D eigenvalue weighted by atomic mass is 19.1. The summed E-state index contributed by atoms with van der Waals surface area (Å²) in [6.07, 6.45) is 0.417. The number of hydrogen-bond donors (Lipinski definition) is 1. The molecule has 0 atom stereocenters. The average Bonchev–Trinajstić information content (AvgIpc) is 2.45. The smallest absolute Gasteiger partial charge is 0.194 e. The number of aliphatic imine (C=N–C) groups is 1. The van der Waals surface area contributed by atoms with E-state index in [1.54, 1.807) is 7.05 Å². The van der Waals surface area contributed by atoms with Crippen LogP contribution in [0.4, 0.5) is 8.78 Å². The number of rotatable bonds is 3. The minimum absolute atomic E-state index is 0.0128. The van der Waals surface area contributed by atoms with E-state index in [9.17, 15) is 8.78 Å². The van der Waals surface area contributed by atoms with Crippen LogP contribution >= 0.6 is 0 Å². The summed E-state index contributed by atoms with van der Waals surface area (Å²) < 4.78 is 26.8. The van der Waals surface area contributed by atoms with Crippen molar-refractivity contribution >= 4 is 5.96 Å². The van der Waals surface area contributed by atoms with Crippen LogP contribution in [0.15, 0.2) is 23.2 Å². The van der Waals surface area contributed by atoms with E-state index in [2.05, 4.69) is 42.9 Å². The molecule has 1 aromatic rings. The normalized spacial score (nSPS) is 19.8. The van der Waals surface area contributed by atoms with Crippen LogP contribution in [0.1, 0.15) is 33.3 Å². The molecule has 122 valence electrons. The Bertz CT molecular complexity index is 579. The number of nitrogens with one attached hydrogen (secondary N) is 1. The third-order valence-corrected chi connectivity index (χ3v) is 5.04. The molecule has 5 heteroatoms. The van der Waals surface area contributed by atoms with E-state index in [4.69, 9.17) is 0 Å². The topological polar surface area (TPSA) is 27.6 Å². The van der Waals surface area contributed by atoms with Crippen LogP contribution in [0.5, 0.6) is 0 Å². The summed E-state index contributed by atoms with van der Waals surface area (Å²) in [4.78, 5) is 6.52.